The monoisotopic (exact) mass is 391 g/mol. The molecule has 0 fully saturated rings. The Morgan fingerprint density at radius 1 is 1.00 bits per heavy atom. The quantitative estimate of drug-likeness (QED) is 0.679. The third kappa shape index (κ3) is 8.71. The minimum Gasteiger partial charge on any atom is -0.478 e. The van der Waals surface area contributed by atoms with E-state index in [9.17, 15) is 9.59 Å². The Labute approximate surface area is 165 Å². The highest BCUT2D eigenvalue weighted by Gasteiger charge is 2.11. The van der Waals surface area contributed by atoms with E-state index in [0.29, 0.717) is 17.4 Å². The van der Waals surface area contributed by atoms with Gasteiger partial charge in [0.2, 0.25) is 5.91 Å². The lowest BCUT2D eigenvalue weighted by Gasteiger charge is -2.15. The van der Waals surface area contributed by atoms with Crippen LogP contribution in [0.2, 0.25) is 5.02 Å². The van der Waals surface area contributed by atoms with E-state index in [4.69, 9.17) is 21.8 Å². The van der Waals surface area contributed by atoms with Crippen LogP contribution in [0, 0.1) is 5.92 Å². The predicted octanol–water partition coefficient (Wildman–Crippen LogP) is 4.44. The van der Waals surface area contributed by atoms with Gasteiger partial charge < -0.3 is 15.5 Å². The maximum Gasteiger partial charge on any atom is 0.335 e. The van der Waals surface area contributed by atoms with Gasteiger partial charge in [0, 0.05) is 11.4 Å². The number of hydrogen-bond acceptors (Lipinski definition) is 3. The van der Waals surface area contributed by atoms with Gasteiger partial charge in [0.25, 0.3) is 0 Å². The van der Waals surface area contributed by atoms with E-state index < -0.39 is 5.97 Å². The van der Waals surface area contributed by atoms with Gasteiger partial charge in [-0.2, -0.15) is 0 Å². The first kappa shape index (κ1) is 22.7. The molecule has 0 spiro atoms. The molecule has 1 amide bonds. The number of carboxylic acid groups (broad SMARTS) is 1. The fraction of sp³-hybridized carbons (Fsp3) is 0.333. The van der Waals surface area contributed by atoms with Crippen LogP contribution < -0.4 is 5.32 Å². The first-order valence-corrected chi connectivity index (χ1v) is 9.08. The van der Waals surface area contributed by atoms with Crippen molar-refractivity contribution in [3.8, 4) is 0 Å². The number of aliphatic hydroxyl groups is 1. The number of carboxylic acids is 1. The van der Waals surface area contributed by atoms with E-state index in [0.717, 1.165) is 11.1 Å². The van der Waals surface area contributed by atoms with Gasteiger partial charge in [-0.3, -0.25) is 4.79 Å². The molecule has 0 radical (unpaired) electrons. The van der Waals surface area contributed by atoms with Gasteiger partial charge in [-0.05, 0) is 48.2 Å². The summed E-state index contributed by atoms with van der Waals surface area (Å²) in [7, 11) is 0. The van der Waals surface area contributed by atoms with Crippen molar-refractivity contribution in [2.45, 2.75) is 39.8 Å². The molecule has 2 aromatic rings. The standard InChI is InChI=1S/C14H19NO3.C7H7ClO/c1-9(2)8-13(16)15-10(3)11-4-6-12(7-5-11)14(17)18;8-7-3-1-6(5-9)2-4-7/h4-7,9-10H,8H2,1-3H3,(H,15,16)(H,17,18);1-4,9H,5H2. The summed E-state index contributed by atoms with van der Waals surface area (Å²) in [5.74, 6) is -0.607. The van der Waals surface area contributed by atoms with Crippen LogP contribution in [0.25, 0.3) is 0 Å². The summed E-state index contributed by atoms with van der Waals surface area (Å²) >= 11 is 5.59. The van der Waals surface area contributed by atoms with Crippen molar-refractivity contribution in [1.82, 2.24) is 5.32 Å². The Morgan fingerprint density at radius 2 is 1.56 bits per heavy atom. The lowest BCUT2D eigenvalue weighted by molar-refractivity contribution is -0.122. The molecule has 1 atom stereocenters. The summed E-state index contributed by atoms with van der Waals surface area (Å²) < 4.78 is 0. The zero-order chi connectivity index (χ0) is 20.4. The van der Waals surface area contributed by atoms with Crippen molar-refractivity contribution < 1.29 is 19.8 Å². The summed E-state index contributed by atoms with van der Waals surface area (Å²) in [5, 5.41) is 21.0. The highest BCUT2D eigenvalue weighted by atomic mass is 35.5. The maximum absolute atomic E-state index is 11.6. The lowest BCUT2D eigenvalue weighted by atomic mass is 10.1. The number of amides is 1. The molecule has 5 nitrogen and oxygen atoms in total. The van der Waals surface area contributed by atoms with Gasteiger partial charge in [0.1, 0.15) is 0 Å². The van der Waals surface area contributed by atoms with Crippen molar-refractivity contribution in [1.29, 1.82) is 0 Å². The Kier molecular flexibility index (Phi) is 9.54. The van der Waals surface area contributed by atoms with Crippen LogP contribution >= 0.6 is 11.6 Å². The van der Waals surface area contributed by atoms with E-state index in [1.165, 1.54) is 0 Å². The molecule has 0 saturated carbocycles. The first-order valence-electron chi connectivity index (χ1n) is 8.70. The predicted molar refractivity (Wildman–Crippen MR) is 107 cm³/mol. The van der Waals surface area contributed by atoms with Crippen molar-refractivity contribution in [3.63, 3.8) is 0 Å². The van der Waals surface area contributed by atoms with E-state index >= 15 is 0 Å². The lowest BCUT2D eigenvalue weighted by Crippen LogP contribution is -2.27. The normalized spacial score (nSPS) is 11.3. The van der Waals surface area contributed by atoms with Crippen LogP contribution in [-0.4, -0.2) is 22.1 Å². The minimum absolute atomic E-state index is 0.0137. The molecule has 0 heterocycles. The first-order chi connectivity index (χ1) is 12.7. The molecule has 2 aromatic carbocycles. The highest BCUT2D eigenvalue weighted by Crippen LogP contribution is 2.14. The van der Waals surface area contributed by atoms with Gasteiger partial charge in [-0.25, -0.2) is 4.79 Å². The number of benzene rings is 2. The van der Waals surface area contributed by atoms with Gasteiger partial charge in [0.15, 0.2) is 0 Å². The van der Waals surface area contributed by atoms with Crippen molar-refractivity contribution in [2.75, 3.05) is 0 Å². The van der Waals surface area contributed by atoms with Crippen LogP contribution in [0.1, 0.15) is 54.7 Å². The molecule has 27 heavy (non-hydrogen) atoms. The molecule has 0 aliphatic carbocycles. The second-order valence-corrected chi connectivity index (χ2v) is 7.04. The van der Waals surface area contributed by atoms with Crippen LogP contribution in [0.3, 0.4) is 0 Å². The molecular formula is C21H26ClNO4. The Hall–Kier alpha value is -2.37. The van der Waals surface area contributed by atoms with E-state index in [1.807, 2.05) is 20.8 Å². The Morgan fingerprint density at radius 3 is 2.00 bits per heavy atom. The van der Waals surface area contributed by atoms with Crippen LogP contribution in [0.15, 0.2) is 48.5 Å². The largest absolute Gasteiger partial charge is 0.478 e. The molecule has 0 saturated heterocycles. The van der Waals surface area contributed by atoms with Gasteiger partial charge in [-0.1, -0.05) is 49.7 Å². The fourth-order valence-corrected chi connectivity index (χ4v) is 2.38. The number of carbonyl (C=O) groups is 2. The molecule has 3 N–H and O–H groups in total. The Bertz CT molecular complexity index is 727. The minimum atomic E-state index is -0.946. The van der Waals surface area contributed by atoms with E-state index in [2.05, 4.69) is 5.32 Å². The topological polar surface area (TPSA) is 86.6 Å². The van der Waals surface area contributed by atoms with Crippen molar-refractivity contribution >= 4 is 23.5 Å². The second kappa shape index (κ2) is 11.4. The van der Waals surface area contributed by atoms with Crippen LogP contribution in [0.4, 0.5) is 0 Å². The number of aromatic carboxylic acids is 1. The molecule has 6 heteroatoms. The summed E-state index contributed by atoms with van der Waals surface area (Å²) in [6.07, 6.45) is 0.498. The average molecular weight is 392 g/mol. The fourth-order valence-electron chi connectivity index (χ4n) is 2.26. The SMILES string of the molecule is CC(C)CC(=O)NC(C)c1ccc(C(=O)O)cc1.OCc1ccc(Cl)cc1. The summed E-state index contributed by atoms with van der Waals surface area (Å²) in [4.78, 5) is 22.3. The highest BCUT2D eigenvalue weighted by molar-refractivity contribution is 6.30. The number of hydrogen-bond donors (Lipinski definition) is 3. The summed E-state index contributed by atoms with van der Waals surface area (Å²) in [6.45, 7) is 5.95. The van der Waals surface area contributed by atoms with E-state index in [1.54, 1.807) is 48.5 Å². The zero-order valence-corrected chi connectivity index (χ0v) is 16.5. The summed E-state index contributed by atoms with van der Waals surface area (Å²) in [6, 6.07) is 13.5. The number of nitrogens with one attached hydrogen (secondary N) is 1. The van der Waals surface area contributed by atoms with Crippen LogP contribution in [0.5, 0.6) is 0 Å². The molecule has 1 unspecified atom stereocenters. The number of rotatable bonds is 6. The van der Waals surface area contributed by atoms with Gasteiger partial charge in [-0.15, -0.1) is 0 Å². The molecule has 0 aliphatic heterocycles. The molecule has 0 aromatic heterocycles. The molecular weight excluding hydrogens is 366 g/mol. The average Bonchev–Trinajstić information content (AvgIpc) is 2.62. The number of aliphatic hydroxyl groups excluding tert-OH is 1. The Balaban J connectivity index is 0.000000337. The molecule has 146 valence electrons. The third-order valence-electron chi connectivity index (χ3n) is 3.72. The molecule has 0 aliphatic rings. The third-order valence-corrected chi connectivity index (χ3v) is 3.98. The van der Waals surface area contributed by atoms with Crippen molar-refractivity contribution in [2.24, 2.45) is 5.92 Å². The second-order valence-electron chi connectivity index (χ2n) is 6.60. The van der Waals surface area contributed by atoms with Gasteiger partial charge >= 0.3 is 5.97 Å². The molecule has 0 bridgehead atoms. The molecule has 2 rings (SSSR count). The van der Waals surface area contributed by atoms with Crippen molar-refractivity contribution in [3.05, 3.63) is 70.2 Å². The number of carbonyl (C=O) groups excluding carboxylic acids is 1. The zero-order valence-electron chi connectivity index (χ0n) is 15.8. The van der Waals surface area contributed by atoms with Gasteiger partial charge in [0.05, 0.1) is 18.2 Å². The number of halogens is 1. The maximum atomic E-state index is 11.6. The smallest absolute Gasteiger partial charge is 0.335 e. The summed E-state index contributed by atoms with van der Waals surface area (Å²) in [5.41, 5.74) is 2.04. The van der Waals surface area contributed by atoms with E-state index in [-0.39, 0.29) is 24.1 Å². The van der Waals surface area contributed by atoms with Crippen LogP contribution in [-0.2, 0) is 11.4 Å².